The molecule has 15 heavy (non-hydrogen) atoms. The fourth-order valence-electron chi connectivity index (χ4n) is 0.932. The van der Waals surface area contributed by atoms with Crippen LogP contribution in [0.5, 0.6) is 0 Å². The fourth-order valence-corrected chi connectivity index (χ4v) is 1.73. The van der Waals surface area contributed by atoms with Gasteiger partial charge in [-0.15, -0.1) is 0 Å². The van der Waals surface area contributed by atoms with E-state index in [1.54, 1.807) is 18.6 Å². The zero-order chi connectivity index (χ0) is 11.5. The molecule has 1 aromatic heterocycles. The van der Waals surface area contributed by atoms with Crippen molar-refractivity contribution in [3.8, 4) is 0 Å². The van der Waals surface area contributed by atoms with Gasteiger partial charge in [0.2, 0.25) is 0 Å². The Morgan fingerprint density at radius 2 is 2.07 bits per heavy atom. The first-order chi connectivity index (χ1) is 6.91. The van der Waals surface area contributed by atoms with Gasteiger partial charge < -0.3 is 0 Å². The molecular formula is C10H17N3OS. The van der Waals surface area contributed by atoms with Crippen molar-refractivity contribution >= 4 is 11.0 Å². The second kappa shape index (κ2) is 4.81. The molecule has 0 radical (unpaired) electrons. The van der Waals surface area contributed by atoms with E-state index in [-0.39, 0.29) is 10.8 Å². The predicted molar refractivity (Wildman–Crippen MR) is 61.5 cm³/mol. The minimum absolute atomic E-state index is 0.0567. The topological polar surface area (TPSA) is 54.9 Å². The Hall–Kier alpha value is -0.810. The highest BCUT2D eigenvalue weighted by atomic mass is 32.2. The molecule has 0 unspecified atom stereocenters. The van der Waals surface area contributed by atoms with Crippen LogP contribution in [0.4, 0.5) is 0 Å². The van der Waals surface area contributed by atoms with Gasteiger partial charge in [0, 0.05) is 18.6 Å². The lowest BCUT2D eigenvalue weighted by atomic mass is 10.3. The smallest absolute Gasteiger partial charge is 0.0976 e. The number of hydrogen-bond donors (Lipinski definition) is 1. The van der Waals surface area contributed by atoms with Crippen LogP contribution in [0.15, 0.2) is 18.6 Å². The Bertz CT molecular complexity index is 334. The van der Waals surface area contributed by atoms with Crippen molar-refractivity contribution in [1.29, 1.82) is 0 Å². The molecule has 0 saturated heterocycles. The largest absolute Gasteiger partial charge is 0.261 e. The maximum absolute atomic E-state index is 11.8. The third-order valence-corrected chi connectivity index (χ3v) is 3.55. The summed E-state index contributed by atoms with van der Waals surface area (Å²) >= 11 is 0. The molecule has 1 rings (SSSR count). The highest BCUT2D eigenvalue weighted by molar-refractivity contribution is 7.84. The van der Waals surface area contributed by atoms with E-state index in [1.807, 2.05) is 27.7 Å². The fraction of sp³-hybridized carbons (Fsp3) is 0.600. The number of nitrogens with one attached hydrogen (secondary N) is 1. The average Bonchev–Trinajstić information content (AvgIpc) is 2.17. The van der Waals surface area contributed by atoms with Gasteiger partial charge in [-0.3, -0.25) is 9.97 Å². The molecule has 1 aromatic rings. The summed E-state index contributed by atoms with van der Waals surface area (Å²) in [6.07, 6.45) is 4.93. The summed E-state index contributed by atoms with van der Waals surface area (Å²) < 4.78 is 14.5. The van der Waals surface area contributed by atoms with Crippen molar-refractivity contribution in [2.75, 3.05) is 0 Å². The third kappa shape index (κ3) is 3.68. The van der Waals surface area contributed by atoms with Gasteiger partial charge >= 0.3 is 0 Å². The Morgan fingerprint density at radius 3 is 2.53 bits per heavy atom. The van der Waals surface area contributed by atoms with Gasteiger partial charge in [-0.2, -0.15) is 0 Å². The number of rotatable bonds is 3. The van der Waals surface area contributed by atoms with Crippen LogP contribution in [-0.4, -0.2) is 18.9 Å². The van der Waals surface area contributed by atoms with E-state index < -0.39 is 11.0 Å². The molecular weight excluding hydrogens is 210 g/mol. The Morgan fingerprint density at radius 1 is 1.40 bits per heavy atom. The van der Waals surface area contributed by atoms with Crippen LogP contribution in [0, 0.1) is 0 Å². The molecule has 0 aromatic carbocycles. The van der Waals surface area contributed by atoms with E-state index in [9.17, 15) is 4.21 Å². The van der Waals surface area contributed by atoms with Crippen LogP contribution in [0.3, 0.4) is 0 Å². The van der Waals surface area contributed by atoms with Crippen LogP contribution in [0.1, 0.15) is 39.4 Å². The molecule has 84 valence electrons. The maximum atomic E-state index is 11.8. The van der Waals surface area contributed by atoms with Crippen LogP contribution >= 0.6 is 0 Å². The SMILES string of the molecule is C[C@@H](N[S@@](=O)C(C)(C)C)c1cnccn1. The average molecular weight is 227 g/mol. The van der Waals surface area contributed by atoms with Gasteiger partial charge in [0.05, 0.1) is 27.5 Å². The molecule has 1 heterocycles. The molecule has 0 aliphatic heterocycles. The lowest BCUT2D eigenvalue weighted by Gasteiger charge is -2.21. The molecule has 4 nitrogen and oxygen atoms in total. The van der Waals surface area contributed by atoms with Gasteiger partial charge in [0.1, 0.15) is 0 Å². The van der Waals surface area contributed by atoms with E-state index in [4.69, 9.17) is 0 Å². The highest BCUT2D eigenvalue weighted by Crippen LogP contribution is 2.14. The van der Waals surface area contributed by atoms with E-state index in [0.29, 0.717) is 0 Å². The first kappa shape index (κ1) is 12.3. The van der Waals surface area contributed by atoms with Crippen LogP contribution in [0.2, 0.25) is 0 Å². The predicted octanol–water partition coefficient (Wildman–Crippen LogP) is 1.59. The molecule has 0 amide bonds. The van der Waals surface area contributed by atoms with Crippen molar-refractivity contribution < 1.29 is 4.21 Å². The van der Waals surface area contributed by atoms with Crippen LogP contribution in [0.25, 0.3) is 0 Å². The third-order valence-electron chi connectivity index (χ3n) is 1.87. The summed E-state index contributed by atoms with van der Waals surface area (Å²) in [6, 6.07) is -0.0567. The second-order valence-corrected chi connectivity index (χ2v) is 6.35. The summed E-state index contributed by atoms with van der Waals surface area (Å²) in [5.41, 5.74) is 0.801. The summed E-state index contributed by atoms with van der Waals surface area (Å²) in [5.74, 6) is 0. The zero-order valence-corrected chi connectivity index (χ0v) is 10.3. The highest BCUT2D eigenvalue weighted by Gasteiger charge is 2.21. The van der Waals surface area contributed by atoms with Gasteiger partial charge in [-0.25, -0.2) is 8.93 Å². The van der Waals surface area contributed by atoms with Crippen LogP contribution in [-0.2, 0) is 11.0 Å². The quantitative estimate of drug-likeness (QED) is 0.853. The molecule has 0 fully saturated rings. The molecule has 1 N–H and O–H groups in total. The van der Waals surface area contributed by atoms with Gasteiger partial charge in [0.25, 0.3) is 0 Å². The molecule has 0 aliphatic rings. The maximum Gasteiger partial charge on any atom is 0.0976 e. The van der Waals surface area contributed by atoms with Crippen molar-refractivity contribution in [3.63, 3.8) is 0 Å². The number of aromatic nitrogens is 2. The lowest BCUT2D eigenvalue weighted by molar-refractivity contribution is 0.610. The normalized spacial score (nSPS) is 16.0. The summed E-state index contributed by atoms with van der Waals surface area (Å²) in [4.78, 5) is 8.13. The van der Waals surface area contributed by atoms with E-state index >= 15 is 0 Å². The molecule has 0 aliphatic carbocycles. The van der Waals surface area contributed by atoms with Gasteiger partial charge in [-0.1, -0.05) is 0 Å². The monoisotopic (exact) mass is 227 g/mol. The lowest BCUT2D eigenvalue weighted by Crippen LogP contribution is -2.35. The standard InChI is InChI=1S/C10H17N3OS/c1-8(9-7-11-5-6-12-9)13-15(14)10(2,3)4/h5-8,13H,1-4H3/t8-,15+/m1/s1. The second-order valence-electron chi connectivity index (χ2n) is 4.35. The van der Waals surface area contributed by atoms with Crippen molar-refractivity contribution in [3.05, 3.63) is 24.3 Å². The van der Waals surface area contributed by atoms with Crippen molar-refractivity contribution in [2.45, 2.75) is 38.5 Å². The minimum atomic E-state index is -1.09. The van der Waals surface area contributed by atoms with E-state index in [0.717, 1.165) is 5.69 Å². The Labute approximate surface area is 93.1 Å². The first-order valence-corrected chi connectivity index (χ1v) is 6.00. The van der Waals surface area contributed by atoms with E-state index in [1.165, 1.54) is 0 Å². The molecule has 0 saturated carbocycles. The molecule has 0 bridgehead atoms. The van der Waals surface area contributed by atoms with E-state index in [2.05, 4.69) is 14.7 Å². The Kier molecular flexibility index (Phi) is 3.93. The van der Waals surface area contributed by atoms with Gasteiger partial charge in [0.15, 0.2) is 0 Å². The zero-order valence-electron chi connectivity index (χ0n) is 9.52. The van der Waals surface area contributed by atoms with Gasteiger partial charge in [-0.05, 0) is 27.7 Å². The van der Waals surface area contributed by atoms with Crippen molar-refractivity contribution in [2.24, 2.45) is 0 Å². The summed E-state index contributed by atoms with van der Waals surface area (Å²) in [6.45, 7) is 7.71. The molecule has 2 atom stereocenters. The number of hydrogen-bond acceptors (Lipinski definition) is 3. The minimum Gasteiger partial charge on any atom is -0.261 e. The van der Waals surface area contributed by atoms with Crippen LogP contribution < -0.4 is 4.72 Å². The Balaban J connectivity index is 2.65. The first-order valence-electron chi connectivity index (χ1n) is 4.85. The van der Waals surface area contributed by atoms with Crippen molar-refractivity contribution in [1.82, 2.24) is 14.7 Å². The molecule has 5 heteroatoms. The molecule has 0 spiro atoms. The summed E-state index contributed by atoms with van der Waals surface area (Å²) in [7, 11) is -1.09. The number of nitrogens with zero attached hydrogens (tertiary/aromatic N) is 2. The summed E-state index contributed by atoms with van der Waals surface area (Å²) in [5, 5.41) is 0.